The molecule has 1 N–H and O–H groups in total. The number of aromatic nitrogens is 3. The second-order valence-corrected chi connectivity index (χ2v) is 8.85. The third kappa shape index (κ3) is 3.63. The van der Waals surface area contributed by atoms with Gasteiger partial charge in [-0.3, -0.25) is 14.7 Å². The van der Waals surface area contributed by atoms with Crippen molar-refractivity contribution >= 4 is 9.84 Å². The zero-order valence-electron chi connectivity index (χ0n) is 15.6. The Hall–Kier alpha value is -2.78. The Morgan fingerprint density at radius 1 is 1.21 bits per heavy atom. The lowest BCUT2D eigenvalue weighted by molar-refractivity contribution is 0.237. The van der Waals surface area contributed by atoms with Crippen LogP contribution in [0.2, 0.25) is 0 Å². The first kappa shape index (κ1) is 18.6. The van der Waals surface area contributed by atoms with E-state index >= 15 is 0 Å². The molecule has 0 atom stereocenters. The minimum Gasteiger partial charge on any atom is -0.441 e. The Kier molecular flexibility index (Phi) is 4.64. The number of rotatable bonds is 4. The summed E-state index contributed by atoms with van der Waals surface area (Å²) in [5, 5.41) is -0.274. The molecule has 1 aliphatic rings. The van der Waals surface area contributed by atoms with Crippen molar-refractivity contribution in [1.82, 2.24) is 19.9 Å². The summed E-state index contributed by atoms with van der Waals surface area (Å²) in [4.78, 5) is 25.6. The summed E-state index contributed by atoms with van der Waals surface area (Å²) in [5.41, 5.74) is 2.37. The van der Waals surface area contributed by atoms with Crippen LogP contribution in [0.15, 0.2) is 44.7 Å². The molecule has 1 aliphatic heterocycles. The highest BCUT2D eigenvalue weighted by Gasteiger charge is 2.25. The number of benzene rings is 1. The van der Waals surface area contributed by atoms with Crippen LogP contribution in [0.25, 0.3) is 11.5 Å². The molecule has 0 spiro atoms. The number of sulfone groups is 1. The number of hydrogen-bond acceptors (Lipinski definition) is 7. The number of oxazole rings is 1. The largest absolute Gasteiger partial charge is 0.441 e. The van der Waals surface area contributed by atoms with Crippen molar-refractivity contribution in [2.24, 2.45) is 0 Å². The molecule has 0 saturated heterocycles. The monoisotopic (exact) mass is 400 g/mol. The number of nitrogens with one attached hydrogen (secondary N) is 1. The minimum atomic E-state index is -3.55. The third-order valence-corrected chi connectivity index (χ3v) is 5.66. The zero-order chi connectivity index (χ0) is 19.9. The summed E-state index contributed by atoms with van der Waals surface area (Å²) < 4.78 is 29.1. The lowest BCUT2D eigenvalue weighted by Crippen LogP contribution is -2.36. The number of H-pyrrole nitrogens is 1. The van der Waals surface area contributed by atoms with Crippen molar-refractivity contribution < 1.29 is 12.8 Å². The number of aromatic amines is 1. The van der Waals surface area contributed by atoms with Gasteiger partial charge in [0.25, 0.3) is 5.56 Å². The van der Waals surface area contributed by atoms with E-state index in [1.165, 1.54) is 0 Å². The molecule has 1 aromatic carbocycles. The van der Waals surface area contributed by atoms with Crippen molar-refractivity contribution in [2.45, 2.75) is 31.6 Å². The molecule has 0 fully saturated rings. The molecule has 0 aliphatic carbocycles. The van der Waals surface area contributed by atoms with Gasteiger partial charge < -0.3 is 4.42 Å². The average molecular weight is 400 g/mol. The Balaban J connectivity index is 1.56. The molecule has 0 saturated carbocycles. The quantitative estimate of drug-likeness (QED) is 0.664. The molecule has 4 rings (SSSR count). The van der Waals surface area contributed by atoms with E-state index in [1.807, 2.05) is 37.3 Å². The van der Waals surface area contributed by atoms with Crippen molar-refractivity contribution in [3.05, 3.63) is 63.4 Å². The van der Waals surface area contributed by atoms with Gasteiger partial charge in [0.15, 0.2) is 0 Å². The summed E-state index contributed by atoms with van der Waals surface area (Å²) >= 11 is 0. The molecule has 2 aromatic heterocycles. The first-order valence-electron chi connectivity index (χ1n) is 8.87. The normalized spacial score (nSPS) is 14.8. The van der Waals surface area contributed by atoms with Gasteiger partial charge in [-0.05, 0) is 19.1 Å². The standard InChI is InChI=1S/C19H20N4O4S/c1-12-16(20-18(27-12)13-6-4-3-5-7-13)11-23-9-8-15-14(10-23)17(24)22-19(21-15)28(2,25)26/h3-7H,8-11H2,1-2H3,(H,21,22,24). The van der Waals surface area contributed by atoms with Gasteiger partial charge in [-0.1, -0.05) is 18.2 Å². The first-order valence-corrected chi connectivity index (χ1v) is 10.8. The summed E-state index contributed by atoms with van der Waals surface area (Å²) in [6.07, 6.45) is 1.54. The van der Waals surface area contributed by atoms with Gasteiger partial charge in [0.05, 0.1) is 17.0 Å². The second kappa shape index (κ2) is 6.99. The molecule has 0 radical (unpaired) electrons. The van der Waals surface area contributed by atoms with E-state index < -0.39 is 15.4 Å². The van der Waals surface area contributed by atoms with E-state index in [2.05, 4.69) is 19.9 Å². The maximum Gasteiger partial charge on any atom is 0.256 e. The third-order valence-electron chi connectivity index (χ3n) is 4.76. The lowest BCUT2D eigenvalue weighted by Gasteiger charge is -2.26. The number of hydrogen-bond donors (Lipinski definition) is 1. The number of fused-ring (bicyclic) bond motifs is 1. The van der Waals surface area contributed by atoms with Gasteiger partial charge in [0.2, 0.25) is 20.9 Å². The molecular weight excluding hydrogens is 380 g/mol. The summed E-state index contributed by atoms with van der Waals surface area (Å²) in [6, 6.07) is 9.68. The molecule has 8 nitrogen and oxygen atoms in total. The Morgan fingerprint density at radius 3 is 2.68 bits per heavy atom. The van der Waals surface area contributed by atoms with Crippen LogP contribution >= 0.6 is 0 Å². The van der Waals surface area contributed by atoms with Gasteiger partial charge in [-0.25, -0.2) is 18.4 Å². The van der Waals surface area contributed by atoms with Gasteiger partial charge >= 0.3 is 0 Å². The molecule has 0 bridgehead atoms. The van der Waals surface area contributed by atoms with E-state index in [9.17, 15) is 13.2 Å². The van der Waals surface area contributed by atoms with Gasteiger partial charge in [0.1, 0.15) is 5.76 Å². The molecule has 9 heteroatoms. The van der Waals surface area contributed by atoms with E-state index in [4.69, 9.17) is 4.42 Å². The SMILES string of the molecule is Cc1oc(-c2ccccc2)nc1CN1CCc2nc(S(C)(=O)=O)[nH]c(=O)c2C1. The van der Waals surface area contributed by atoms with Crippen molar-refractivity contribution in [3.8, 4) is 11.5 Å². The molecule has 146 valence electrons. The minimum absolute atomic E-state index is 0.274. The van der Waals surface area contributed by atoms with Crippen LogP contribution in [0.1, 0.15) is 22.7 Å². The zero-order valence-corrected chi connectivity index (χ0v) is 16.4. The van der Waals surface area contributed by atoms with Crippen LogP contribution in [0, 0.1) is 6.92 Å². The van der Waals surface area contributed by atoms with Crippen molar-refractivity contribution in [3.63, 3.8) is 0 Å². The fourth-order valence-electron chi connectivity index (χ4n) is 3.26. The Labute approximate surface area is 162 Å². The fraction of sp³-hybridized carbons (Fsp3) is 0.316. The van der Waals surface area contributed by atoms with Crippen molar-refractivity contribution in [2.75, 3.05) is 12.8 Å². The topological polar surface area (TPSA) is 109 Å². The highest BCUT2D eigenvalue weighted by atomic mass is 32.2. The highest BCUT2D eigenvalue weighted by molar-refractivity contribution is 7.90. The van der Waals surface area contributed by atoms with Crippen LogP contribution in [-0.4, -0.2) is 41.1 Å². The Bertz CT molecular complexity index is 1180. The molecule has 3 aromatic rings. The molecule has 3 heterocycles. The summed E-state index contributed by atoms with van der Waals surface area (Å²) in [6.45, 7) is 3.45. The van der Waals surface area contributed by atoms with Crippen LogP contribution in [-0.2, 0) is 29.3 Å². The number of nitrogens with zero attached hydrogens (tertiary/aromatic N) is 3. The predicted molar refractivity (Wildman–Crippen MR) is 102 cm³/mol. The van der Waals surface area contributed by atoms with Gasteiger partial charge in [-0.15, -0.1) is 0 Å². The van der Waals surface area contributed by atoms with E-state index in [0.29, 0.717) is 43.2 Å². The molecule has 0 unspecified atom stereocenters. The second-order valence-electron chi connectivity index (χ2n) is 6.92. The van der Waals surface area contributed by atoms with Crippen LogP contribution in [0.5, 0.6) is 0 Å². The van der Waals surface area contributed by atoms with Crippen molar-refractivity contribution in [1.29, 1.82) is 0 Å². The molecule has 28 heavy (non-hydrogen) atoms. The molecular formula is C19H20N4O4S. The Morgan fingerprint density at radius 2 is 1.96 bits per heavy atom. The smallest absolute Gasteiger partial charge is 0.256 e. The summed E-state index contributed by atoms with van der Waals surface area (Å²) in [7, 11) is -3.55. The molecule has 0 amide bonds. The van der Waals surface area contributed by atoms with E-state index in [0.717, 1.165) is 23.3 Å². The van der Waals surface area contributed by atoms with E-state index in [-0.39, 0.29) is 5.16 Å². The number of aryl methyl sites for hydroxylation is 1. The average Bonchev–Trinajstić information content (AvgIpc) is 3.02. The van der Waals surface area contributed by atoms with Crippen LogP contribution < -0.4 is 5.56 Å². The predicted octanol–water partition coefficient (Wildman–Crippen LogP) is 1.70. The van der Waals surface area contributed by atoms with Crippen LogP contribution in [0.4, 0.5) is 0 Å². The van der Waals surface area contributed by atoms with Gasteiger partial charge in [-0.2, -0.15) is 0 Å². The van der Waals surface area contributed by atoms with E-state index in [1.54, 1.807) is 0 Å². The highest BCUT2D eigenvalue weighted by Crippen LogP contribution is 2.24. The van der Waals surface area contributed by atoms with Gasteiger partial charge in [0, 0.05) is 37.9 Å². The maximum absolute atomic E-state index is 12.4. The fourth-order valence-corrected chi connectivity index (χ4v) is 3.81. The summed E-state index contributed by atoms with van der Waals surface area (Å²) in [5.74, 6) is 1.31. The maximum atomic E-state index is 12.4. The lowest BCUT2D eigenvalue weighted by atomic mass is 10.1. The first-order chi connectivity index (χ1) is 13.3. The van der Waals surface area contributed by atoms with Crippen LogP contribution in [0.3, 0.4) is 0 Å².